The Balaban J connectivity index is 1.69. The van der Waals surface area contributed by atoms with E-state index in [0.29, 0.717) is 40.1 Å². The van der Waals surface area contributed by atoms with Gasteiger partial charge in [0.2, 0.25) is 5.82 Å². The standard InChI is InChI=1S/C17H13N7O3/c1-10-6-13(23-27-10)16-21-20-15-7-14(25-2)17(22-24(15)16)26-9-12-5-3-4-11(8-18)19-12/h3-7H,9H2,1-2H3. The molecule has 0 aromatic carbocycles. The normalized spacial score (nSPS) is 10.7. The number of aromatic nitrogens is 6. The molecule has 0 aliphatic rings. The quantitative estimate of drug-likeness (QED) is 0.523. The van der Waals surface area contributed by atoms with Crippen molar-refractivity contribution in [3.63, 3.8) is 0 Å². The molecule has 10 nitrogen and oxygen atoms in total. The van der Waals surface area contributed by atoms with Gasteiger partial charge < -0.3 is 14.0 Å². The molecule has 0 atom stereocenters. The van der Waals surface area contributed by atoms with Crippen molar-refractivity contribution in [2.75, 3.05) is 7.11 Å². The van der Waals surface area contributed by atoms with Crippen molar-refractivity contribution < 1.29 is 14.0 Å². The van der Waals surface area contributed by atoms with Gasteiger partial charge in [0.1, 0.15) is 24.1 Å². The molecular weight excluding hydrogens is 350 g/mol. The molecule has 134 valence electrons. The lowest BCUT2D eigenvalue weighted by Crippen LogP contribution is -2.05. The van der Waals surface area contributed by atoms with Crippen molar-refractivity contribution in [2.45, 2.75) is 13.5 Å². The molecule has 27 heavy (non-hydrogen) atoms. The minimum atomic E-state index is 0.116. The maximum absolute atomic E-state index is 8.95. The molecule has 4 aromatic heterocycles. The van der Waals surface area contributed by atoms with Crippen molar-refractivity contribution in [1.82, 2.24) is 30.0 Å². The molecule has 0 spiro atoms. The molecule has 0 radical (unpaired) electrons. The maximum atomic E-state index is 8.95. The third kappa shape index (κ3) is 3.13. The lowest BCUT2D eigenvalue weighted by Gasteiger charge is -2.09. The number of nitrogens with zero attached hydrogens (tertiary/aromatic N) is 7. The van der Waals surface area contributed by atoms with Crippen molar-refractivity contribution >= 4 is 5.65 Å². The molecule has 0 aliphatic carbocycles. The summed E-state index contributed by atoms with van der Waals surface area (Å²) in [4.78, 5) is 4.17. The Morgan fingerprint density at radius 1 is 1.26 bits per heavy atom. The van der Waals surface area contributed by atoms with E-state index in [1.54, 1.807) is 37.3 Å². The highest BCUT2D eigenvalue weighted by molar-refractivity contribution is 5.56. The fourth-order valence-corrected chi connectivity index (χ4v) is 2.44. The fourth-order valence-electron chi connectivity index (χ4n) is 2.44. The number of methoxy groups -OCH3 is 1. The number of aryl methyl sites for hydroxylation is 1. The first-order chi connectivity index (χ1) is 13.2. The molecule has 0 unspecified atom stereocenters. The predicted octanol–water partition coefficient (Wildman–Crippen LogP) is 1.94. The molecule has 0 fully saturated rings. The second kappa shape index (κ2) is 6.72. The van der Waals surface area contributed by atoms with Crippen molar-refractivity contribution in [3.8, 4) is 29.2 Å². The predicted molar refractivity (Wildman–Crippen MR) is 90.9 cm³/mol. The van der Waals surface area contributed by atoms with Crippen LogP contribution in [0.5, 0.6) is 11.6 Å². The zero-order chi connectivity index (χ0) is 18.8. The van der Waals surface area contributed by atoms with Crippen molar-refractivity contribution in [2.24, 2.45) is 0 Å². The average molecular weight is 363 g/mol. The van der Waals surface area contributed by atoms with Crippen LogP contribution < -0.4 is 9.47 Å². The zero-order valence-electron chi connectivity index (χ0n) is 14.4. The Morgan fingerprint density at radius 3 is 2.89 bits per heavy atom. The smallest absolute Gasteiger partial charge is 0.275 e. The molecule has 0 amide bonds. The van der Waals surface area contributed by atoms with Crippen LogP contribution in [0.15, 0.2) is 34.9 Å². The molecule has 0 saturated heterocycles. The van der Waals surface area contributed by atoms with Crippen LogP contribution in [-0.4, -0.2) is 37.1 Å². The second-order valence-electron chi connectivity index (χ2n) is 5.55. The zero-order valence-corrected chi connectivity index (χ0v) is 14.4. The summed E-state index contributed by atoms with van der Waals surface area (Å²) >= 11 is 0. The number of nitriles is 1. The number of hydrogen-bond acceptors (Lipinski definition) is 9. The minimum Gasteiger partial charge on any atom is -0.491 e. The topological polar surface area (TPSA) is 124 Å². The van der Waals surface area contributed by atoms with Crippen molar-refractivity contribution in [3.05, 3.63) is 47.5 Å². The van der Waals surface area contributed by atoms with Crippen molar-refractivity contribution in [1.29, 1.82) is 5.26 Å². The summed E-state index contributed by atoms with van der Waals surface area (Å²) in [6.07, 6.45) is 0. The monoisotopic (exact) mass is 363 g/mol. The van der Waals surface area contributed by atoms with Gasteiger partial charge in [-0.05, 0) is 19.1 Å². The van der Waals surface area contributed by atoms with Crippen LogP contribution in [0.2, 0.25) is 0 Å². The Morgan fingerprint density at radius 2 is 2.15 bits per heavy atom. The maximum Gasteiger partial charge on any atom is 0.275 e. The molecule has 4 aromatic rings. The highest BCUT2D eigenvalue weighted by Crippen LogP contribution is 2.28. The molecular formula is C17H13N7O3. The van der Waals surface area contributed by atoms with Crippen LogP contribution in [0.25, 0.3) is 17.2 Å². The van der Waals surface area contributed by atoms with Crippen LogP contribution in [-0.2, 0) is 6.61 Å². The van der Waals surface area contributed by atoms with E-state index in [-0.39, 0.29) is 12.5 Å². The fraction of sp³-hybridized carbons (Fsp3) is 0.176. The van der Waals surface area contributed by atoms with Crippen LogP contribution in [0.3, 0.4) is 0 Å². The third-order valence-electron chi connectivity index (χ3n) is 3.68. The largest absolute Gasteiger partial charge is 0.491 e. The second-order valence-corrected chi connectivity index (χ2v) is 5.55. The van der Waals surface area contributed by atoms with Gasteiger partial charge in [-0.15, -0.1) is 15.3 Å². The third-order valence-corrected chi connectivity index (χ3v) is 3.68. The molecule has 10 heteroatoms. The van der Waals surface area contributed by atoms with E-state index in [2.05, 4.69) is 25.4 Å². The first kappa shape index (κ1) is 16.5. The molecule has 0 aliphatic heterocycles. The summed E-state index contributed by atoms with van der Waals surface area (Å²) in [5, 5.41) is 25.5. The van der Waals surface area contributed by atoms with Gasteiger partial charge in [0.25, 0.3) is 5.88 Å². The van der Waals surface area contributed by atoms with E-state index in [1.807, 2.05) is 6.07 Å². The number of ether oxygens (including phenoxy) is 2. The molecule has 0 bridgehead atoms. The van der Waals surface area contributed by atoms with E-state index in [0.717, 1.165) is 0 Å². The number of rotatable bonds is 5. The van der Waals surface area contributed by atoms with Gasteiger partial charge in [0.05, 0.1) is 12.8 Å². The lowest BCUT2D eigenvalue weighted by atomic mass is 10.3. The van der Waals surface area contributed by atoms with E-state index < -0.39 is 0 Å². The number of pyridine rings is 1. The summed E-state index contributed by atoms with van der Waals surface area (Å²) in [5.74, 6) is 1.69. The summed E-state index contributed by atoms with van der Waals surface area (Å²) in [5.41, 5.74) is 1.88. The van der Waals surface area contributed by atoms with E-state index in [9.17, 15) is 0 Å². The summed E-state index contributed by atoms with van der Waals surface area (Å²) < 4.78 is 17.7. The van der Waals surface area contributed by atoms with Crippen LogP contribution in [0, 0.1) is 18.3 Å². The van der Waals surface area contributed by atoms with E-state index >= 15 is 0 Å². The minimum absolute atomic E-state index is 0.116. The summed E-state index contributed by atoms with van der Waals surface area (Å²) in [6.45, 7) is 1.90. The Bertz CT molecular complexity index is 1160. The lowest BCUT2D eigenvalue weighted by molar-refractivity contribution is 0.264. The van der Waals surface area contributed by atoms with Gasteiger partial charge in [0, 0.05) is 12.1 Å². The van der Waals surface area contributed by atoms with E-state index in [4.69, 9.17) is 19.3 Å². The van der Waals surface area contributed by atoms with Gasteiger partial charge in [0.15, 0.2) is 17.1 Å². The van der Waals surface area contributed by atoms with Crippen LogP contribution >= 0.6 is 0 Å². The van der Waals surface area contributed by atoms with Gasteiger partial charge in [-0.25, -0.2) is 4.98 Å². The van der Waals surface area contributed by atoms with E-state index in [1.165, 1.54) is 11.6 Å². The van der Waals surface area contributed by atoms with Gasteiger partial charge in [-0.1, -0.05) is 11.2 Å². The summed E-state index contributed by atoms with van der Waals surface area (Å²) in [6, 6.07) is 10.5. The highest BCUT2D eigenvalue weighted by Gasteiger charge is 2.17. The Kier molecular flexibility index (Phi) is 4.10. The van der Waals surface area contributed by atoms with Crippen LogP contribution in [0.1, 0.15) is 17.1 Å². The molecule has 4 rings (SSSR count). The number of hydrogen-bond donors (Lipinski definition) is 0. The first-order valence-corrected chi connectivity index (χ1v) is 7.91. The molecule has 4 heterocycles. The molecule has 0 saturated carbocycles. The number of fused-ring (bicyclic) bond motifs is 1. The van der Waals surface area contributed by atoms with Gasteiger partial charge in [-0.3, -0.25) is 0 Å². The Hall–Kier alpha value is -4.00. The Labute approximate surface area is 153 Å². The van der Waals surface area contributed by atoms with Gasteiger partial charge >= 0.3 is 0 Å². The summed E-state index contributed by atoms with van der Waals surface area (Å²) in [7, 11) is 1.51. The van der Waals surface area contributed by atoms with Gasteiger partial charge in [-0.2, -0.15) is 9.78 Å². The highest BCUT2D eigenvalue weighted by atomic mass is 16.5. The molecule has 0 N–H and O–H groups in total. The average Bonchev–Trinajstić information content (AvgIpc) is 3.31. The van der Waals surface area contributed by atoms with Crippen LogP contribution in [0.4, 0.5) is 0 Å². The SMILES string of the molecule is COc1cc2nnc(-c3cc(C)on3)n2nc1OCc1cccc(C#N)n1. The first-order valence-electron chi connectivity index (χ1n) is 7.91.